The summed E-state index contributed by atoms with van der Waals surface area (Å²) in [6.45, 7) is 3.72. The Kier molecular flexibility index (Phi) is 3.15. The van der Waals surface area contributed by atoms with Gasteiger partial charge in [0.05, 0.1) is 0 Å². The molecule has 3 heterocycles. The van der Waals surface area contributed by atoms with Gasteiger partial charge in [-0.15, -0.1) is 11.6 Å². The number of Topliss-reactive ketones (excluding diaryl/α,β-unsaturated/α-hetero) is 1. The fraction of sp³-hybridized carbons (Fsp3) is 0.917. The number of ether oxygens (including phenoxy) is 2. The summed E-state index contributed by atoms with van der Waals surface area (Å²) in [6.07, 6.45) is -0.233. The second-order valence-electron chi connectivity index (χ2n) is 5.27. The Morgan fingerprint density at radius 3 is 2.83 bits per heavy atom. The van der Waals surface area contributed by atoms with E-state index >= 15 is 0 Å². The van der Waals surface area contributed by atoms with Crippen molar-refractivity contribution in [2.24, 2.45) is 11.8 Å². The second-order valence-corrected chi connectivity index (χ2v) is 5.65. The van der Waals surface area contributed by atoms with Crippen LogP contribution in [-0.4, -0.2) is 35.9 Å². The molecule has 6 atom stereocenters. The van der Waals surface area contributed by atoms with E-state index < -0.39 is 18.2 Å². The van der Waals surface area contributed by atoms with Crippen LogP contribution >= 0.6 is 11.6 Å². The number of hydrogen-bond acceptors (Lipinski definition) is 5. The minimum absolute atomic E-state index is 0.188. The highest BCUT2D eigenvalue weighted by Crippen LogP contribution is 2.49. The number of carbonyl (C=O) groups is 1. The topological polar surface area (TPSA) is 54.0 Å². The molecule has 4 bridgehead atoms. The SMILES string of the molecule is C[C@@H]1C(=O)[C@H](C)[C@@]2(CCCCl)O[C@@H]1[C@@H]1OO[C@H]2O1. The van der Waals surface area contributed by atoms with E-state index in [9.17, 15) is 4.79 Å². The molecule has 0 aromatic carbocycles. The van der Waals surface area contributed by atoms with Crippen molar-refractivity contribution in [3.63, 3.8) is 0 Å². The number of ketones is 1. The summed E-state index contributed by atoms with van der Waals surface area (Å²) in [5.41, 5.74) is -0.754. The standard InChI is InChI=1S/C12H17ClO5/c1-6-8(14)7(2)12(4-3-5-13)11-15-10(17-18-11)9(6)16-12/h6-7,9-11H,3-5H2,1-2H3/t6-,7+,9+,10+,11-,12-/m1/s1. The molecule has 3 aliphatic rings. The molecule has 0 aliphatic carbocycles. The predicted octanol–water partition coefficient (Wildman–Crippen LogP) is 1.63. The first kappa shape index (κ1) is 12.8. The largest absolute Gasteiger partial charge is 0.359 e. The molecule has 0 aromatic rings. The first-order valence-electron chi connectivity index (χ1n) is 6.35. The zero-order valence-electron chi connectivity index (χ0n) is 10.4. The van der Waals surface area contributed by atoms with Crippen LogP contribution in [0.2, 0.25) is 0 Å². The molecule has 0 amide bonds. The van der Waals surface area contributed by atoms with Crippen molar-refractivity contribution >= 4 is 17.4 Å². The molecule has 0 unspecified atom stereocenters. The number of rotatable bonds is 3. The van der Waals surface area contributed by atoms with Crippen LogP contribution < -0.4 is 0 Å². The Hall–Kier alpha value is -0.200. The van der Waals surface area contributed by atoms with E-state index in [4.69, 9.17) is 30.8 Å². The minimum Gasteiger partial charge on any atom is -0.359 e. The van der Waals surface area contributed by atoms with Crippen molar-refractivity contribution in [1.82, 2.24) is 0 Å². The molecule has 0 saturated carbocycles. The van der Waals surface area contributed by atoms with Gasteiger partial charge in [-0.25, -0.2) is 0 Å². The highest BCUT2D eigenvalue weighted by Gasteiger charge is 2.65. The third-order valence-corrected chi connectivity index (χ3v) is 4.59. The summed E-state index contributed by atoms with van der Waals surface area (Å²) in [5, 5.41) is 0. The first-order chi connectivity index (χ1) is 8.60. The average molecular weight is 277 g/mol. The van der Waals surface area contributed by atoms with Crippen LogP contribution in [0.1, 0.15) is 26.7 Å². The van der Waals surface area contributed by atoms with Gasteiger partial charge in [0, 0.05) is 17.7 Å². The maximum absolute atomic E-state index is 12.3. The quantitative estimate of drug-likeness (QED) is 0.579. The molecule has 6 heteroatoms. The van der Waals surface area contributed by atoms with E-state index in [1.54, 1.807) is 0 Å². The first-order valence-corrected chi connectivity index (χ1v) is 6.88. The summed E-state index contributed by atoms with van der Waals surface area (Å²) >= 11 is 5.75. The van der Waals surface area contributed by atoms with Gasteiger partial charge in [0.15, 0.2) is 0 Å². The molecule has 102 valence electrons. The Labute approximate surface area is 111 Å². The normalized spacial score (nSPS) is 50.6. The maximum Gasteiger partial charge on any atom is 0.223 e. The van der Waals surface area contributed by atoms with Gasteiger partial charge in [0.1, 0.15) is 17.5 Å². The van der Waals surface area contributed by atoms with Crippen molar-refractivity contribution in [2.45, 2.75) is 51.0 Å². The van der Waals surface area contributed by atoms with Crippen LogP contribution in [0, 0.1) is 11.8 Å². The lowest BCUT2D eigenvalue weighted by Crippen LogP contribution is -2.66. The summed E-state index contributed by atoms with van der Waals surface area (Å²) in [4.78, 5) is 22.7. The fourth-order valence-corrected chi connectivity index (χ4v) is 3.28. The van der Waals surface area contributed by atoms with E-state index in [0.29, 0.717) is 12.3 Å². The zero-order valence-corrected chi connectivity index (χ0v) is 11.2. The van der Waals surface area contributed by atoms with Crippen LogP contribution in [0.4, 0.5) is 0 Å². The van der Waals surface area contributed by atoms with Crippen LogP contribution in [0.3, 0.4) is 0 Å². The van der Waals surface area contributed by atoms with E-state index in [-0.39, 0.29) is 23.7 Å². The second kappa shape index (κ2) is 4.42. The summed E-state index contributed by atoms with van der Waals surface area (Å²) in [5.74, 6) is 0.188. The van der Waals surface area contributed by atoms with Crippen molar-refractivity contribution in [3.8, 4) is 0 Å². The summed E-state index contributed by atoms with van der Waals surface area (Å²) in [7, 11) is 0. The Bertz CT molecular complexity index is 362. The lowest BCUT2D eigenvalue weighted by molar-refractivity contribution is -0.319. The summed E-state index contributed by atoms with van der Waals surface area (Å²) in [6, 6.07) is 0. The van der Waals surface area contributed by atoms with E-state index in [1.165, 1.54) is 0 Å². The van der Waals surface area contributed by atoms with Crippen LogP contribution in [-0.2, 0) is 24.0 Å². The van der Waals surface area contributed by atoms with Crippen molar-refractivity contribution in [3.05, 3.63) is 0 Å². The van der Waals surface area contributed by atoms with Gasteiger partial charge in [0.2, 0.25) is 12.6 Å². The van der Waals surface area contributed by atoms with Crippen molar-refractivity contribution in [2.75, 3.05) is 5.88 Å². The summed E-state index contributed by atoms with van der Waals surface area (Å²) < 4.78 is 11.8. The molecule has 3 rings (SSSR count). The molecule has 18 heavy (non-hydrogen) atoms. The van der Waals surface area contributed by atoms with Crippen LogP contribution in [0.25, 0.3) is 0 Å². The Morgan fingerprint density at radius 1 is 1.33 bits per heavy atom. The zero-order chi connectivity index (χ0) is 12.9. The molecule has 3 fully saturated rings. The molecular formula is C12H17ClO5. The van der Waals surface area contributed by atoms with Gasteiger partial charge < -0.3 is 9.47 Å². The van der Waals surface area contributed by atoms with Crippen molar-refractivity contribution < 1.29 is 24.0 Å². The fourth-order valence-electron chi connectivity index (χ4n) is 3.14. The third-order valence-electron chi connectivity index (χ3n) is 4.32. The number of hydrogen-bond donors (Lipinski definition) is 0. The number of halogens is 1. The van der Waals surface area contributed by atoms with E-state index in [1.807, 2.05) is 13.8 Å². The lowest BCUT2D eigenvalue weighted by atomic mass is 9.72. The van der Waals surface area contributed by atoms with Crippen molar-refractivity contribution in [1.29, 1.82) is 0 Å². The number of carbonyl (C=O) groups excluding carboxylic acids is 1. The highest BCUT2D eigenvalue weighted by atomic mass is 35.5. The third kappa shape index (κ3) is 1.58. The van der Waals surface area contributed by atoms with Gasteiger partial charge in [-0.05, 0) is 12.8 Å². The minimum atomic E-state index is -0.754. The molecule has 0 N–H and O–H groups in total. The average Bonchev–Trinajstić information content (AvgIpc) is 2.81. The molecule has 0 radical (unpaired) electrons. The molecule has 0 aromatic heterocycles. The number of fused-ring (bicyclic) bond motifs is 6. The molecule has 3 saturated heterocycles. The smallest absolute Gasteiger partial charge is 0.223 e. The molecule has 0 spiro atoms. The van der Waals surface area contributed by atoms with E-state index in [2.05, 4.69) is 0 Å². The van der Waals surface area contributed by atoms with Gasteiger partial charge in [-0.3, -0.25) is 4.79 Å². The monoisotopic (exact) mass is 276 g/mol. The van der Waals surface area contributed by atoms with Gasteiger partial charge in [0.25, 0.3) is 0 Å². The predicted molar refractivity (Wildman–Crippen MR) is 61.7 cm³/mol. The van der Waals surface area contributed by atoms with E-state index in [0.717, 1.165) is 6.42 Å². The molecule has 5 nitrogen and oxygen atoms in total. The number of alkyl halides is 1. The van der Waals surface area contributed by atoms with Gasteiger partial charge in [-0.2, -0.15) is 9.78 Å². The molecular weight excluding hydrogens is 260 g/mol. The maximum atomic E-state index is 12.3. The van der Waals surface area contributed by atoms with Gasteiger partial charge >= 0.3 is 0 Å². The van der Waals surface area contributed by atoms with Crippen LogP contribution in [0.5, 0.6) is 0 Å². The molecule has 3 aliphatic heterocycles. The lowest BCUT2D eigenvalue weighted by Gasteiger charge is -2.51. The van der Waals surface area contributed by atoms with Gasteiger partial charge in [-0.1, -0.05) is 13.8 Å². The highest BCUT2D eigenvalue weighted by molar-refractivity contribution is 6.17. The Morgan fingerprint density at radius 2 is 2.11 bits per heavy atom. The Balaban J connectivity index is 1.95. The van der Waals surface area contributed by atoms with Crippen LogP contribution in [0.15, 0.2) is 0 Å².